The van der Waals surface area contributed by atoms with Crippen molar-refractivity contribution in [1.29, 1.82) is 0 Å². The number of hydrogen-bond donors (Lipinski definition) is 0. The number of nitrogens with zero attached hydrogens (tertiary/aromatic N) is 1. The Morgan fingerprint density at radius 3 is 2.58 bits per heavy atom. The summed E-state index contributed by atoms with van der Waals surface area (Å²) >= 11 is 4.33. The van der Waals surface area contributed by atoms with Crippen LogP contribution >= 0.6 is 27.7 Å². The Hall–Kier alpha value is -4.08. The maximum Gasteiger partial charge on any atom is 0.344 e. The molecule has 0 saturated carbocycles. The van der Waals surface area contributed by atoms with Gasteiger partial charge in [0, 0.05) is 0 Å². The molecule has 1 aliphatic heterocycles. The fourth-order valence-electron chi connectivity index (χ4n) is 4.28. The van der Waals surface area contributed by atoms with Crippen molar-refractivity contribution in [2.75, 3.05) is 20.3 Å². The Bertz CT molecular complexity index is 1660. The molecule has 2 amide bonds. The molecule has 4 aromatic rings. The first-order chi connectivity index (χ1) is 19.3. The minimum absolute atomic E-state index is 0.131. The monoisotopic (exact) mass is 617 g/mol. The van der Waals surface area contributed by atoms with Crippen LogP contribution in [0.2, 0.25) is 0 Å². The highest BCUT2D eigenvalue weighted by Gasteiger charge is 2.35. The SMILES string of the molecule is COc1cc(/C=C2\SC(=O)N(CCOc3cccc(C)c3)C2=O)cc(Br)c1OC(=O)c1cccc2ccccc12. The third-order valence-electron chi connectivity index (χ3n) is 6.20. The van der Waals surface area contributed by atoms with Crippen molar-refractivity contribution in [2.24, 2.45) is 0 Å². The molecule has 1 heterocycles. The smallest absolute Gasteiger partial charge is 0.344 e. The highest BCUT2D eigenvalue weighted by molar-refractivity contribution is 9.10. The lowest BCUT2D eigenvalue weighted by Crippen LogP contribution is -2.32. The number of methoxy groups -OCH3 is 1. The number of benzene rings is 4. The van der Waals surface area contributed by atoms with Gasteiger partial charge in [0.25, 0.3) is 11.1 Å². The summed E-state index contributed by atoms with van der Waals surface area (Å²) in [5.41, 5.74) is 2.08. The van der Waals surface area contributed by atoms with Crippen molar-refractivity contribution < 1.29 is 28.6 Å². The lowest BCUT2D eigenvalue weighted by molar-refractivity contribution is -0.123. The van der Waals surface area contributed by atoms with E-state index in [2.05, 4.69) is 15.9 Å². The number of halogens is 1. The number of rotatable bonds is 8. The van der Waals surface area contributed by atoms with E-state index in [1.165, 1.54) is 12.0 Å². The van der Waals surface area contributed by atoms with E-state index in [-0.39, 0.29) is 29.0 Å². The van der Waals surface area contributed by atoms with Gasteiger partial charge in [0.2, 0.25) is 0 Å². The molecule has 40 heavy (non-hydrogen) atoms. The molecule has 1 saturated heterocycles. The standard InChI is InChI=1S/C31H24BrNO6S/c1-19-7-5-10-22(15-19)38-14-13-33-29(34)27(40-31(33)36)18-20-16-25(32)28(26(17-20)37-2)39-30(35)24-12-6-9-21-8-3-4-11-23(21)24/h3-12,15-18H,13-14H2,1-2H3/b27-18-. The summed E-state index contributed by atoms with van der Waals surface area (Å²) in [7, 11) is 1.46. The summed E-state index contributed by atoms with van der Waals surface area (Å²) in [4.78, 5) is 40.1. The van der Waals surface area contributed by atoms with E-state index in [4.69, 9.17) is 14.2 Å². The predicted molar refractivity (Wildman–Crippen MR) is 159 cm³/mol. The van der Waals surface area contributed by atoms with Crippen LogP contribution in [-0.4, -0.2) is 42.3 Å². The average molecular weight is 619 g/mol. The normalized spacial score (nSPS) is 14.2. The summed E-state index contributed by atoms with van der Waals surface area (Å²) in [5, 5.41) is 1.34. The Morgan fingerprint density at radius 2 is 1.77 bits per heavy atom. The van der Waals surface area contributed by atoms with E-state index in [0.717, 1.165) is 28.1 Å². The quantitative estimate of drug-likeness (QED) is 0.117. The Kier molecular flexibility index (Phi) is 8.23. The number of esters is 1. The van der Waals surface area contributed by atoms with Crippen LogP contribution in [0.1, 0.15) is 21.5 Å². The molecule has 1 aliphatic rings. The fourth-order valence-corrected chi connectivity index (χ4v) is 5.68. The topological polar surface area (TPSA) is 82.1 Å². The molecule has 0 bridgehead atoms. The van der Waals surface area contributed by atoms with Crippen LogP contribution in [0.3, 0.4) is 0 Å². The van der Waals surface area contributed by atoms with Crippen LogP contribution in [0.5, 0.6) is 17.2 Å². The second-order valence-electron chi connectivity index (χ2n) is 8.95. The van der Waals surface area contributed by atoms with E-state index >= 15 is 0 Å². The zero-order valence-corrected chi connectivity index (χ0v) is 24.1. The number of carbonyl (C=O) groups excluding carboxylic acids is 3. The number of aryl methyl sites for hydroxylation is 1. The van der Waals surface area contributed by atoms with Gasteiger partial charge >= 0.3 is 5.97 Å². The molecule has 0 atom stereocenters. The number of fused-ring (bicyclic) bond motifs is 1. The van der Waals surface area contributed by atoms with E-state index in [9.17, 15) is 14.4 Å². The zero-order valence-electron chi connectivity index (χ0n) is 21.7. The number of imide groups is 1. The number of amides is 2. The van der Waals surface area contributed by atoms with Gasteiger partial charge in [0.1, 0.15) is 12.4 Å². The molecule has 7 nitrogen and oxygen atoms in total. The van der Waals surface area contributed by atoms with Crippen molar-refractivity contribution in [1.82, 2.24) is 4.90 Å². The van der Waals surface area contributed by atoms with E-state index < -0.39 is 11.9 Å². The van der Waals surface area contributed by atoms with Gasteiger partial charge in [-0.3, -0.25) is 14.5 Å². The van der Waals surface area contributed by atoms with E-state index in [1.807, 2.05) is 61.5 Å². The second kappa shape index (κ2) is 12.0. The molecule has 0 unspecified atom stereocenters. The molecule has 0 aliphatic carbocycles. The van der Waals surface area contributed by atoms with Crippen LogP contribution in [0.25, 0.3) is 16.8 Å². The molecular formula is C31H24BrNO6S. The van der Waals surface area contributed by atoms with Gasteiger partial charge in [-0.2, -0.15) is 0 Å². The molecule has 9 heteroatoms. The predicted octanol–water partition coefficient (Wildman–Crippen LogP) is 7.25. The molecule has 202 valence electrons. The highest BCUT2D eigenvalue weighted by Crippen LogP contribution is 2.39. The van der Waals surface area contributed by atoms with Crippen LogP contribution in [0.15, 0.2) is 88.2 Å². The minimum atomic E-state index is -0.530. The summed E-state index contributed by atoms with van der Waals surface area (Å²) < 4.78 is 17.4. The lowest BCUT2D eigenvalue weighted by Gasteiger charge is -2.14. The van der Waals surface area contributed by atoms with Crippen LogP contribution < -0.4 is 14.2 Å². The fraction of sp³-hybridized carbons (Fsp3) is 0.129. The van der Waals surface area contributed by atoms with Crippen molar-refractivity contribution in [3.8, 4) is 17.2 Å². The first-order valence-corrected chi connectivity index (χ1v) is 14.0. The molecule has 0 aromatic heterocycles. The summed E-state index contributed by atoms with van der Waals surface area (Å²) in [6, 6.07) is 23.9. The highest BCUT2D eigenvalue weighted by atomic mass is 79.9. The maximum atomic E-state index is 13.1. The van der Waals surface area contributed by atoms with Crippen LogP contribution in [-0.2, 0) is 4.79 Å². The maximum absolute atomic E-state index is 13.1. The van der Waals surface area contributed by atoms with Crippen molar-refractivity contribution in [2.45, 2.75) is 6.92 Å². The Balaban J connectivity index is 1.31. The number of ether oxygens (including phenoxy) is 3. The number of hydrogen-bond acceptors (Lipinski definition) is 7. The largest absolute Gasteiger partial charge is 0.493 e. The first kappa shape index (κ1) is 27.5. The summed E-state index contributed by atoms with van der Waals surface area (Å²) in [6.07, 6.45) is 1.61. The molecule has 5 rings (SSSR count). The van der Waals surface area contributed by atoms with Crippen LogP contribution in [0.4, 0.5) is 4.79 Å². The zero-order chi connectivity index (χ0) is 28.2. The second-order valence-corrected chi connectivity index (χ2v) is 10.8. The molecule has 1 fully saturated rings. The van der Waals surface area contributed by atoms with E-state index in [1.54, 1.807) is 30.3 Å². The van der Waals surface area contributed by atoms with Crippen molar-refractivity contribution in [3.05, 3.63) is 105 Å². The van der Waals surface area contributed by atoms with Gasteiger partial charge in [-0.25, -0.2) is 4.79 Å². The van der Waals surface area contributed by atoms with Crippen molar-refractivity contribution >= 4 is 61.7 Å². The molecule has 0 spiro atoms. The van der Waals surface area contributed by atoms with Gasteiger partial charge in [-0.05, 0) is 92.9 Å². The number of thioether (sulfide) groups is 1. The molecular weight excluding hydrogens is 594 g/mol. The van der Waals surface area contributed by atoms with Gasteiger partial charge in [0.05, 0.1) is 28.6 Å². The van der Waals surface area contributed by atoms with Gasteiger partial charge in [-0.1, -0.05) is 48.5 Å². The van der Waals surface area contributed by atoms with Crippen LogP contribution in [0, 0.1) is 6.92 Å². The third-order valence-corrected chi connectivity index (χ3v) is 7.70. The Labute approximate surface area is 243 Å². The Morgan fingerprint density at radius 1 is 1.00 bits per heavy atom. The van der Waals surface area contributed by atoms with Crippen molar-refractivity contribution in [3.63, 3.8) is 0 Å². The molecule has 0 radical (unpaired) electrons. The van der Waals surface area contributed by atoms with Gasteiger partial charge in [-0.15, -0.1) is 0 Å². The minimum Gasteiger partial charge on any atom is -0.493 e. The molecule has 0 N–H and O–H groups in total. The van der Waals surface area contributed by atoms with Gasteiger partial charge in [0.15, 0.2) is 11.5 Å². The summed E-state index contributed by atoms with van der Waals surface area (Å²) in [5.74, 6) is 0.252. The summed E-state index contributed by atoms with van der Waals surface area (Å²) in [6.45, 7) is 2.28. The lowest BCUT2D eigenvalue weighted by atomic mass is 10.0. The van der Waals surface area contributed by atoms with Gasteiger partial charge < -0.3 is 14.2 Å². The van der Waals surface area contributed by atoms with E-state index in [0.29, 0.717) is 27.1 Å². The molecule has 4 aromatic carbocycles. The average Bonchev–Trinajstić information content (AvgIpc) is 3.21. The third kappa shape index (κ3) is 5.90. The first-order valence-electron chi connectivity index (χ1n) is 12.4. The number of carbonyl (C=O) groups is 3.